The van der Waals surface area contributed by atoms with Gasteiger partial charge in [0.25, 0.3) is 0 Å². The van der Waals surface area contributed by atoms with Crippen molar-refractivity contribution < 1.29 is 8.78 Å². The summed E-state index contributed by atoms with van der Waals surface area (Å²) in [5.41, 5.74) is 1.67. The lowest BCUT2D eigenvalue weighted by Crippen LogP contribution is -2.10. The fourth-order valence-electron chi connectivity index (χ4n) is 1.94. The predicted octanol–water partition coefficient (Wildman–Crippen LogP) is 4.32. The minimum absolute atomic E-state index is 0.123. The van der Waals surface area contributed by atoms with E-state index in [1.165, 1.54) is 12.1 Å². The first-order chi connectivity index (χ1) is 9.52. The first-order valence-corrected chi connectivity index (χ1v) is 6.24. The molecule has 0 amide bonds. The van der Waals surface area contributed by atoms with Crippen LogP contribution in [0.25, 0.3) is 0 Å². The lowest BCUT2D eigenvalue weighted by atomic mass is 10.1. The molecule has 0 aliphatic rings. The average Bonchev–Trinajstić information content (AvgIpc) is 2.47. The van der Waals surface area contributed by atoms with Gasteiger partial charge in [0.2, 0.25) is 0 Å². The van der Waals surface area contributed by atoms with Gasteiger partial charge >= 0.3 is 0 Å². The lowest BCUT2D eigenvalue weighted by Gasteiger charge is -2.17. The molecule has 0 aliphatic carbocycles. The van der Waals surface area contributed by atoms with Crippen LogP contribution in [0.15, 0.2) is 36.4 Å². The predicted molar refractivity (Wildman–Crippen MR) is 74.3 cm³/mol. The van der Waals surface area contributed by atoms with Crippen molar-refractivity contribution in [3.63, 3.8) is 0 Å². The van der Waals surface area contributed by atoms with Crippen molar-refractivity contribution in [3.05, 3.63) is 64.7 Å². The zero-order chi connectivity index (χ0) is 14.7. The molecule has 0 saturated heterocycles. The van der Waals surface area contributed by atoms with Gasteiger partial charge in [0, 0.05) is 6.04 Å². The molecule has 102 valence electrons. The normalized spacial score (nSPS) is 11.8. The number of hydrogen-bond donors (Lipinski definition) is 1. The molecule has 0 saturated carbocycles. The number of rotatable bonds is 3. The molecule has 1 N–H and O–H groups in total. The van der Waals surface area contributed by atoms with E-state index in [0.717, 1.165) is 5.56 Å². The van der Waals surface area contributed by atoms with Crippen molar-refractivity contribution >= 4 is 5.69 Å². The molecule has 0 aliphatic heterocycles. The SMILES string of the molecule is Cc1ccc(F)c(NC(C)c2ccc(C#N)cc2)c1F. The Morgan fingerprint density at radius 3 is 2.35 bits per heavy atom. The van der Waals surface area contributed by atoms with Crippen LogP contribution in [-0.2, 0) is 0 Å². The number of nitrogens with zero attached hydrogens (tertiary/aromatic N) is 1. The summed E-state index contributed by atoms with van der Waals surface area (Å²) >= 11 is 0. The Labute approximate surface area is 116 Å². The fourth-order valence-corrected chi connectivity index (χ4v) is 1.94. The molecular formula is C16H14F2N2. The molecule has 0 spiro atoms. The highest BCUT2D eigenvalue weighted by Crippen LogP contribution is 2.26. The highest BCUT2D eigenvalue weighted by molar-refractivity contribution is 5.50. The third kappa shape index (κ3) is 2.77. The summed E-state index contributed by atoms with van der Waals surface area (Å²) in [6, 6.07) is 11.3. The monoisotopic (exact) mass is 272 g/mol. The number of nitriles is 1. The smallest absolute Gasteiger partial charge is 0.152 e. The van der Waals surface area contributed by atoms with Crippen molar-refractivity contribution in [1.29, 1.82) is 5.26 Å². The fraction of sp³-hybridized carbons (Fsp3) is 0.188. The summed E-state index contributed by atoms with van der Waals surface area (Å²) in [5.74, 6) is -1.20. The van der Waals surface area contributed by atoms with Crippen LogP contribution in [0.4, 0.5) is 14.5 Å². The Bertz CT molecular complexity index is 657. The summed E-state index contributed by atoms with van der Waals surface area (Å²) in [6.45, 7) is 3.40. The van der Waals surface area contributed by atoms with Crippen LogP contribution in [0.1, 0.15) is 29.7 Å². The van der Waals surface area contributed by atoms with E-state index in [-0.39, 0.29) is 11.7 Å². The number of anilines is 1. The second-order valence-electron chi connectivity index (χ2n) is 4.65. The molecule has 0 radical (unpaired) electrons. The van der Waals surface area contributed by atoms with Gasteiger partial charge in [0.15, 0.2) is 5.82 Å². The van der Waals surface area contributed by atoms with Gasteiger partial charge in [-0.1, -0.05) is 18.2 Å². The van der Waals surface area contributed by atoms with Crippen LogP contribution >= 0.6 is 0 Å². The molecule has 20 heavy (non-hydrogen) atoms. The van der Waals surface area contributed by atoms with E-state index >= 15 is 0 Å². The van der Waals surface area contributed by atoms with Gasteiger partial charge in [-0.15, -0.1) is 0 Å². The van der Waals surface area contributed by atoms with Gasteiger partial charge < -0.3 is 5.32 Å². The van der Waals surface area contributed by atoms with Crippen molar-refractivity contribution in [2.24, 2.45) is 0 Å². The Morgan fingerprint density at radius 2 is 1.75 bits per heavy atom. The van der Waals surface area contributed by atoms with Gasteiger partial charge in [0.1, 0.15) is 11.5 Å². The largest absolute Gasteiger partial charge is 0.374 e. The van der Waals surface area contributed by atoms with Crippen molar-refractivity contribution in [1.82, 2.24) is 0 Å². The number of aryl methyl sites for hydroxylation is 1. The molecule has 4 heteroatoms. The van der Waals surface area contributed by atoms with E-state index in [1.807, 2.05) is 13.0 Å². The van der Waals surface area contributed by atoms with E-state index in [9.17, 15) is 8.78 Å². The number of halogens is 2. The van der Waals surface area contributed by atoms with Gasteiger partial charge in [-0.25, -0.2) is 8.78 Å². The van der Waals surface area contributed by atoms with Gasteiger partial charge in [-0.2, -0.15) is 5.26 Å². The molecular weight excluding hydrogens is 258 g/mol. The third-order valence-corrected chi connectivity index (χ3v) is 3.18. The number of hydrogen-bond acceptors (Lipinski definition) is 2. The summed E-state index contributed by atoms with van der Waals surface area (Å²) in [4.78, 5) is 0. The van der Waals surface area contributed by atoms with Crippen LogP contribution in [0.2, 0.25) is 0 Å². The van der Waals surface area contributed by atoms with Gasteiger partial charge in [-0.3, -0.25) is 0 Å². The summed E-state index contributed by atoms with van der Waals surface area (Å²) in [5, 5.41) is 11.6. The Balaban J connectivity index is 2.25. The minimum atomic E-state index is -0.617. The van der Waals surface area contributed by atoms with Crippen molar-refractivity contribution in [2.45, 2.75) is 19.9 Å². The first-order valence-electron chi connectivity index (χ1n) is 6.24. The maximum absolute atomic E-state index is 13.9. The molecule has 2 rings (SSSR count). The van der Waals surface area contributed by atoms with E-state index in [0.29, 0.717) is 11.1 Å². The second-order valence-corrected chi connectivity index (χ2v) is 4.65. The summed E-state index contributed by atoms with van der Waals surface area (Å²) in [7, 11) is 0. The van der Waals surface area contributed by atoms with E-state index in [2.05, 4.69) is 5.32 Å². The quantitative estimate of drug-likeness (QED) is 0.903. The first kappa shape index (κ1) is 14.0. The molecule has 0 fully saturated rings. The van der Waals surface area contributed by atoms with E-state index < -0.39 is 11.6 Å². The Morgan fingerprint density at radius 1 is 1.10 bits per heavy atom. The zero-order valence-electron chi connectivity index (χ0n) is 11.2. The second kappa shape index (κ2) is 5.70. The Kier molecular flexibility index (Phi) is 3.99. The van der Waals surface area contributed by atoms with Gasteiger partial charge in [-0.05, 0) is 43.2 Å². The molecule has 0 bridgehead atoms. The Hall–Kier alpha value is -2.41. The van der Waals surface area contributed by atoms with E-state index in [1.54, 1.807) is 31.2 Å². The van der Waals surface area contributed by atoms with Crippen LogP contribution in [-0.4, -0.2) is 0 Å². The van der Waals surface area contributed by atoms with Crippen LogP contribution < -0.4 is 5.32 Å². The highest BCUT2D eigenvalue weighted by Gasteiger charge is 2.14. The minimum Gasteiger partial charge on any atom is -0.374 e. The van der Waals surface area contributed by atoms with Crippen LogP contribution in [0, 0.1) is 29.9 Å². The highest BCUT2D eigenvalue weighted by atomic mass is 19.1. The van der Waals surface area contributed by atoms with Crippen LogP contribution in [0.3, 0.4) is 0 Å². The topological polar surface area (TPSA) is 35.8 Å². The van der Waals surface area contributed by atoms with E-state index in [4.69, 9.17) is 5.26 Å². The molecule has 2 nitrogen and oxygen atoms in total. The number of benzene rings is 2. The molecule has 2 aromatic carbocycles. The van der Waals surface area contributed by atoms with Crippen LogP contribution in [0.5, 0.6) is 0 Å². The molecule has 1 unspecified atom stereocenters. The zero-order valence-corrected chi connectivity index (χ0v) is 11.2. The maximum Gasteiger partial charge on any atom is 0.152 e. The lowest BCUT2D eigenvalue weighted by molar-refractivity contribution is 0.579. The number of nitrogens with one attached hydrogen (secondary N) is 1. The molecule has 2 aromatic rings. The van der Waals surface area contributed by atoms with Gasteiger partial charge in [0.05, 0.1) is 11.6 Å². The average molecular weight is 272 g/mol. The summed E-state index contributed by atoms with van der Waals surface area (Å²) < 4.78 is 27.6. The maximum atomic E-state index is 13.9. The van der Waals surface area contributed by atoms with Crippen molar-refractivity contribution in [2.75, 3.05) is 5.32 Å². The van der Waals surface area contributed by atoms with Crippen molar-refractivity contribution in [3.8, 4) is 6.07 Å². The molecule has 0 heterocycles. The third-order valence-electron chi connectivity index (χ3n) is 3.18. The summed E-state index contributed by atoms with van der Waals surface area (Å²) in [6.07, 6.45) is 0. The standard InChI is InChI=1S/C16H14F2N2/c1-10-3-8-14(17)16(15(10)18)20-11(2)13-6-4-12(9-19)5-7-13/h3-8,11,20H,1-2H3. The molecule has 0 aromatic heterocycles. The molecule has 1 atom stereocenters.